The number of thioether (sulfide) groups is 1. The molecule has 13 nitrogen and oxygen atoms in total. The predicted molar refractivity (Wildman–Crippen MR) is 113 cm³/mol. The van der Waals surface area contributed by atoms with Crippen molar-refractivity contribution < 1.29 is 38.1 Å². The number of furan rings is 1. The molecule has 0 aromatic carbocycles. The minimum Gasteiger partial charge on any atom is -0.543 e. The number of β-lactam (4-membered cyclic amide) rings is 1. The Bertz CT molecular complexity index is 1390. The molecule has 0 spiro atoms. The summed E-state index contributed by atoms with van der Waals surface area (Å²) in [4.78, 5) is 42.2. The molecule has 0 radical (unpaired) electrons. The van der Waals surface area contributed by atoms with E-state index in [1.807, 2.05) is 6.07 Å². The number of aromatic nitrogens is 2. The van der Waals surface area contributed by atoms with Gasteiger partial charge in [0.1, 0.15) is 23.4 Å². The molecule has 0 bridgehead atoms. The molecule has 34 heavy (non-hydrogen) atoms. The summed E-state index contributed by atoms with van der Waals surface area (Å²) >= 11 is 1.28. The summed E-state index contributed by atoms with van der Waals surface area (Å²) in [5.74, 6) is -2.77. The van der Waals surface area contributed by atoms with Crippen LogP contribution in [0, 0.1) is 0 Å². The molecule has 1 unspecified atom stereocenters. The highest BCUT2D eigenvalue weighted by Gasteiger charge is 2.53. The number of oxime groups is 1. The van der Waals surface area contributed by atoms with E-state index in [2.05, 4.69) is 15.5 Å². The standard InChI is InChI=1S/C20H16N6O7S/c21-20-22-11(7-33-20)12(24-31)15(27)23-13-16(28)26-14(19(29)30)10(8-34-18(13)26)6-25-4-1-2-9-3-5-32-17(9)25/h1-5,7,13,18H,6,8H2,(H4-,21,22,23,27,29,30,31)/t13?,18-/m0/s1. The van der Waals surface area contributed by atoms with E-state index in [0.29, 0.717) is 11.3 Å². The number of carbonyl (C=O) groups is 3. The first kappa shape index (κ1) is 21.5. The molecule has 4 N–H and O–H groups in total. The number of carboxylic acids is 1. The first-order chi connectivity index (χ1) is 16.4. The van der Waals surface area contributed by atoms with Crippen LogP contribution in [0.2, 0.25) is 0 Å². The van der Waals surface area contributed by atoms with Crippen molar-refractivity contribution in [2.24, 2.45) is 5.16 Å². The lowest BCUT2D eigenvalue weighted by atomic mass is 10.0. The molecular formula is C20H16N6O7S. The van der Waals surface area contributed by atoms with Gasteiger partial charge in [0.05, 0.1) is 23.3 Å². The molecule has 5 rings (SSSR count). The van der Waals surface area contributed by atoms with Gasteiger partial charge in [0.15, 0.2) is 18.5 Å². The zero-order chi connectivity index (χ0) is 24.0. The normalized spacial score (nSPS) is 20.3. The van der Waals surface area contributed by atoms with Crippen molar-refractivity contribution in [3.05, 3.63) is 53.9 Å². The maximum atomic E-state index is 12.9. The molecule has 2 aliphatic heterocycles. The van der Waals surface area contributed by atoms with Crippen LogP contribution in [0.4, 0.5) is 6.01 Å². The van der Waals surface area contributed by atoms with Gasteiger partial charge in [-0.2, -0.15) is 9.55 Å². The van der Waals surface area contributed by atoms with Gasteiger partial charge in [-0.15, -0.1) is 11.8 Å². The maximum absolute atomic E-state index is 12.9. The van der Waals surface area contributed by atoms with E-state index >= 15 is 0 Å². The van der Waals surface area contributed by atoms with Crippen molar-refractivity contribution in [3.63, 3.8) is 0 Å². The third-order valence-corrected chi connectivity index (χ3v) is 6.78. The summed E-state index contributed by atoms with van der Waals surface area (Å²) in [6.07, 6.45) is 4.30. The first-order valence-corrected chi connectivity index (χ1v) is 10.9. The zero-order valence-electron chi connectivity index (χ0n) is 17.2. The minimum absolute atomic E-state index is 0.126. The number of nitrogens with zero attached hydrogens (tertiary/aromatic N) is 4. The number of nitrogen functional groups attached to an aromatic ring is 1. The lowest BCUT2D eigenvalue weighted by molar-refractivity contribution is -0.669. The SMILES string of the molecule is Nc1nc(C(=NO)C(=O)NC2C(=O)N3C(C(=O)[O-])=C(C[n+]4cccc5ccoc54)CS[C@@H]23)co1. The summed E-state index contributed by atoms with van der Waals surface area (Å²) in [6.45, 7) is 0.170. The van der Waals surface area contributed by atoms with E-state index in [1.54, 1.807) is 22.9 Å². The molecule has 14 heteroatoms. The highest BCUT2D eigenvalue weighted by Crippen LogP contribution is 2.40. The maximum Gasteiger partial charge on any atom is 0.380 e. The molecular weight excluding hydrogens is 468 g/mol. The Morgan fingerprint density at radius 2 is 2.24 bits per heavy atom. The largest absolute Gasteiger partial charge is 0.543 e. The number of nitrogens with one attached hydrogen (secondary N) is 1. The molecule has 3 aromatic heterocycles. The van der Waals surface area contributed by atoms with E-state index in [4.69, 9.17) is 14.6 Å². The van der Waals surface area contributed by atoms with Crippen LogP contribution in [0.25, 0.3) is 11.1 Å². The van der Waals surface area contributed by atoms with Crippen molar-refractivity contribution in [3.8, 4) is 0 Å². The van der Waals surface area contributed by atoms with E-state index < -0.39 is 34.9 Å². The Labute approximate surface area is 194 Å². The number of oxazole rings is 1. The Hall–Kier alpha value is -4.33. The van der Waals surface area contributed by atoms with Crippen molar-refractivity contribution in [2.45, 2.75) is 18.0 Å². The Morgan fingerprint density at radius 3 is 2.94 bits per heavy atom. The Morgan fingerprint density at radius 1 is 1.41 bits per heavy atom. The van der Waals surface area contributed by atoms with E-state index in [9.17, 15) is 24.7 Å². The van der Waals surface area contributed by atoms with Crippen LogP contribution in [-0.4, -0.2) is 55.8 Å². The number of anilines is 1. The number of nitrogens with two attached hydrogens (primary N) is 1. The van der Waals surface area contributed by atoms with Gasteiger partial charge in [0.2, 0.25) is 0 Å². The molecule has 5 heterocycles. The average molecular weight is 484 g/mol. The number of hydrogen-bond acceptors (Lipinski definition) is 11. The van der Waals surface area contributed by atoms with Crippen LogP contribution in [0.1, 0.15) is 5.69 Å². The van der Waals surface area contributed by atoms with Crippen LogP contribution in [-0.2, 0) is 20.9 Å². The van der Waals surface area contributed by atoms with E-state index in [-0.39, 0.29) is 29.7 Å². The fraction of sp³-hybridized carbons (Fsp3) is 0.200. The van der Waals surface area contributed by atoms with Gasteiger partial charge in [-0.25, -0.2) is 0 Å². The minimum atomic E-state index is -1.50. The number of hydrogen-bond donors (Lipinski definition) is 3. The highest BCUT2D eigenvalue weighted by molar-refractivity contribution is 8.00. The average Bonchev–Trinajstić information content (AvgIpc) is 3.47. The summed E-state index contributed by atoms with van der Waals surface area (Å²) in [5, 5.41) is 26.7. The topological polar surface area (TPSA) is 191 Å². The number of amides is 2. The quantitative estimate of drug-likeness (QED) is 0.123. The van der Waals surface area contributed by atoms with E-state index in [1.165, 1.54) is 18.0 Å². The molecule has 0 saturated carbocycles. The fourth-order valence-electron chi connectivity index (χ4n) is 3.93. The number of fused-ring (bicyclic) bond motifs is 2. The fourth-order valence-corrected chi connectivity index (χ4v) is 5.27. The number of aliphatic carboxylic acids is 1. The molecule has 2 amide bonds. The highest BCUT2D eigenvalue weighted by atomic mass is 32.2. The summed E-state index contributed by atoms with van der Waals surface area (Å²) in [6, 6.07) is 4.17. The first-order valence-electron chi connectivity index (χ1n) is 9.87. The number of pyridine rings is 1. The van der Waals surface area contributed by atoms with Crippen molar-refractivity contribution in [2.75, 3.05) is 11.5 Å². The zero-order valence-corrected chi connectivity index (χ0v) is 18.0. The molecule has 2 aliphatic rings. The predicted octanol–water partition coefficient (Wildman–Crippen LogP) is -1.43. The molecule has 3 aromatic rings. The second-order valence-corrected chi connectivity index (χ2v) is 8.54. The van der Waals surface area contributed by atoms with Crippen LogP contribution in [0.5, 0.6) is 0 Å². The lowest BCUT2D eigenvalue weighted by Crippen LogP contribution is -2.71. The van der Waals surface area contributed by atoms with Crippen molar-refractivity contribution in [1.82, 2.24) is 15.2 Å². The molecule has 1 fully saturated rings. The van der Waals surface area contributed by atoms with Gasteiger partial charge >= 0.3 is 5.71 Å². The molecule has 2 atom stereocenters. The van der Waals surface area contributed by atoms with Crippen LogP contribution in [0.3, 0.4) is 0 Å². The van der Waals surface area contributed by atoms with Crippen LogP contribution in [0.15, 0.2) is 62.2 Å². The molecule has 0 aliphatic carbocycles. The summed E-state index contributed by atoms with van der Waals surface area (Å²) < 4.78 is 12.0. The van der Waals surface area contributed by atoms with Crippen LogP contribution < -0.4 is 20.7 Å². The lowest BCUT2D eigenvalue weighted by Gasteiger charge is -2.50. The number of rotatable bonds is 6. The van der Waals surface area contributed by atoms with Crippen LogP contribution >= 0.6 is 11.8 Å². The van der Waals surface area contributed by atoms with Gasteiger partial charge in [-0.05, 0) is 12.1 Å². The number of carbonyl (C=O) groups excluding carboxylic acids is 3. The van der Waals surface area contributed by atoms with E-state index in [0.717, 1.165) is 16.5 Å². The van der Waals surface area contributed by atoms with Gasteiger partial charge in [0.25, 0.3) is 17.8 Å². The molecule has 1 saturated heterocycles. The molecule has 174 valence electrons. The summed E-state index contributed by atoms with van der Waals surface area (Å²) in [5.41, 5.74) is 5.52. The summed E-state index contributed by atoms with van der Waals surface area (Å²) in [7, 11) is 0. The second kappa shape index (κ2) is 8.22. The second-order valence-electron chi connectivity index (χ2n) is 7.44. The van der Waals surface area contributed by atoms with Gasteiger partial charge < -0.3 is 35.0 Å². The third kappa shape index (κ3) is 3.44. The third-order valence-electron chi connectivity index (χ3n) is 5.44. The van der Waals surface area contributed by atoms with Crippen molar-refractivity contribution >= 4 is 52.4 Å². The smallest absolute Gasteiger partial charge is 0.380 e. The van der Waals surface area contributed by atoms with Gasteiger partial charge in [-0.1, -0.05) is 5.16 Å². The Kier molecular flexibility index (Phi) is 5.20. The monoisotopic (exact) mass is 484 g/mol. The Balaban J connectivity index is 1.37. The number of carboxylic acid groups (broad SMARTS) is 1. The van der Waals surface area contributed by atoms with Gasteiger partial charge in [-0.3, -0.25) is 14.5 Å². The van der Waals surface area contributed by atoms with Crippen molar-refractivity contribution in [1.29, 1.82) is 0 Å². The van der Waals surface area contributed by atoms with Gasteiger partial charge in [0, 0.05) is 17.4 Å².